The second-order valence-corrected chi connectivity index (χ2v) is 8.59. The molecule has 2 aromatic carbocycles. The molecule has 1 atom stereocenters. The Bertz CT molecular complexity index is 1180. The van der Waals surface area contributed by atoms with E-state index in [4.69, 9.17) is 13.9 Å². The van der Waals surface area contributed by atoms with Gasteiger partial charge in [0.05, 0.1) is 25.5 Å². The summed E-state index contributed by atoms with van der Waals surface area (Å²) in [6, 6.07) is 15.7. The molecule has 1 aliphatic carbocycles. The van der Waals surface area contributed by atoms with Gasteiger partial charge in [-0.1, -0.05) is 25.0 Å². The number of amides is 2. The molecule has 8 heteroatoms. The number of rotatable bonds is 9. The van der Waals surface area contributed by atoms with Crippen molar-refractivity contribution in [3.63, 3.8) is 0 Å². The van der Waals surface area contributed by atoms with Crippen LogP contribution in [0.3, 0.4) is 0 Å². The molecule has 2 amide bonds. The van der Waals surface area contributed by atoms with Gasteiger partial charge in [-0.3, -0.25) is 14.5 Å². The molecule has 1 fully saturated rings. The summed E-state index contributed by atoms with van der Waals surface area (Å²) >= 11 is 0. The van der Waals surface area contributed by atoms with E-state index in [1.807, 2.05) is 0 Å². The minimum atomic E-state index is -1.01. The smallest absolute Gasteiger partial charge is 0.338 e. The van der Waals surface area contributed by atoms with Gasteiger partial charge in [-0.2, -0.15) is 0 Å². The van der Waals surface area contributed by atoms with E-state index in [2.05, 4.69) is 5.32 Å². The molecule has 3 aromatic rings. The van der Waals surface area contributed by atoms with Gasteiger partial charge in [0.25, 0.3) is 5.91 Å². The summed E-state index contributed by atoms with van der Waals surface area (Å²) in [5.41, 5.74) is 1.36. The number of methoxy groups -OCH3 is 1. The molecule has 8 nitrogen and oxygen atoms in total. The van der Waals surface area contributed by atoms with Gasteiger partial charge >= 0.3 is 5.97 Å². The number of furan rings is 1. The summed E-state index contributed by atoms with van der Waals surface area (Å²) in [6.45, 7) is 1.99. The Hall–Kier alpha value is -4.07. The molecule has 36 heavy (non-hydrogen) atoms. The summed E-state index contributed by atoms with van der Waals surface area (Å²) in [5.74, 6) is -0.598. The van der Waals surface area contributed by atoms with Crippen LogP contribution >= 0.6 is 0 Å². The van der Waals surface area contributed by atoms with Crippen LogP contribution < -0.4 is 15.0 Å². The van der Waals surface area contributed by atoms with Crippen LogP contribution in [0.5, 0.6) is 5.75 Å². The molecule has 0 bridgehead atoms. The molecule has 1 saturated carbocycles. The molecule has 1 aliphatic rings. The van der Waals surface area contributed by atoms with E-state index in [1.54, 1.807) is 74.7 Å². The summed E-state index contributed by atoms with van der Waals surface area (Å²) in [4.78, 5) is 41.1. The topological polar surface area (TPSA) is 98.1 Å². The lowest BCUT2D eigenvalue weighted by Crippen LogP contribution is -2.46. The van der Waals surface area contributed by atoms with E-state index in [0.717, 1.165) is 25.7 Å². The average molecular weight is 491 g/mol. The maximum absolute atomic E-state index is 13.8. The van der Waals surface area contributed by atoms with Crippen LogP contribution in [0.15, 0.2) is 71.3 Å². The molecule has 188 valence electrons. The van der Waals surface area contributed by atoms with Gasteiger partial charge in [-0.15, -0.1) is 0 Å². The first-order valence-electron chi connectivity index (χ1n) is 12.1. The summed E-state index contributed by atoms with van der Waals surface area (Å²) in [5, 5.41) is 3.13. The second-order valence-electron chi connectivity index (χ2n) is 8.59. The first-order valence-corrected chi connectivity index (χ1v) is 12.1. The Labute approximate surface area is 210 Å². The lowest BCUT2D eigenvalue weighted by Gasteiger charge is -2.32. The molecule has 1 heterocycles. The lowest BCUT2D eigenvalue weighted by atomic mass is 10.0. The Kier molecular flexibility index (Phi) is 8.05. The van der Waals surface area contributed by atoms with Gasteiger partial charge in [-0.25, -0.2) is 4.79 Å². The van der Waals surface area contributed by atoms with Crippen molar-refractivity contribution >= 4 is 23.5 Å². The largest absolute Gasteiger partial charge is 0.497 e. The van der Waals surface area contributed by atoms with Crippen LogP contribution in [0.2, 0.25) is 0 Å². The zero-order valence-electron chi connectivity index (χ0n) is 20.4. The Morgan fingerprint density at radius 3 is 2.44 bits per heavy atom. The monoisotopic (exact) mass is 490 g/mol. The van der Waals surface area contributed by atoms with Crippen LogP contribution in [0.1, 0.15) is 65.1 Å². The third kappa shape index (κ3) is 5.59. The van der Waals surface area contributed by atoms with E-state index in [-0.39, 0.29) is 24.3 Å². The van der Waals surface area contributed by atoms with E-state index in [9.17, 15) is 14.4 Å². The predicted octanol–water partition coefficient (Wildman–Crippen LogP) is 4.91. The molecular weight excluding hydrogens is 460 g/mol. The number of benzene rings is 2. The standard InChI is InChI=1S/C28H30N2O6/c1-3-35-28(33)19-13-15-22(16-14-19)30(27(32)24-12-7-17-36-24)25(20-8-6-11-23(18-20)34-2)26(31)29-21-9-4-5-10-21/h6-8,11-18,21,25H,3-5,9-10H2,1-2H3,(H,29,31)/t25-/m1/s1. The third-order valence-corrected chi connectivity index (χ3v) is 6.23. The Balaban J connectivity index is 1.79. The van der Waals surface area contributed by atoms with Gasteiger partial charge in [-0.05, 0) is 73.9 Å². The molecule has 0 aliphatic heterocycles. The van der Waals surface area contributed by atoms with Crippen LogP contribution in [0, 0.1) is 0 Å². The summed E-state index contributed by atoms with van der Waals surface area (Å²) < 4.78 is 15.9. The third-order valence-electron chi connectivity index (χ3n) is 6.23. The molecular formula is C28H30N2O6. The molecule has 0 saturated heterocycles. The quantitative estimate of drug-likeness (QED) is 0.428. The van der Waals surface area contributed by atoms with Crippen LogP contribution in [0.4, 0.5) is 5.69 Å². The molecule has 0 spiro atoms. The van der Waals surface area contributed by atoms with Gasteiger partial charge in [0, 0.05) is 11.7 Å². The highest BCUT2D eigenvalue weighted by molar-refractivity contribution is 6.09. The zero-order valence-corrected chi connectivity index (χ0v) is 20.4. The second kappa shape index (κ2) is 11.6. The fraction of sp³-hybridized carbons (Fsp3) is 0.321. The van der Waals surface area contributed by atoms with Crippen molar-refractivity contribution < 1.29 is 28.3 Å². The number of nitrogens with zero attached hydrogens (tertiary/aromatic N) is 1. The molecule has 4 rings (SSSR count). The summed E-state index contributed by atoms with van der Waals surface area (Å²) in [6.07, 6.45) is 5.32. The van der Waals surface area contributed by atoms with Gasteiger partial charge in [0.2, 0.25) is 5.91 Å². The minimum Gasteiger partial charge on any atom is -0.497 e. The maximum Gasteiger partial charge on any atom is 0.338 e. The van der Waals surface area contributed by atoms with Crippen molar-refractivity contribution in [1.82, 2.24) is 5.32 Å². The fourth-order valence-corrected chi connectivity index (χ4v) is 4.45. The minimum absolute atomic E-state index is 0.0531. The Morgan fingerprint density at radius 1 is 1.06 bits per heavy atom. The average Bonchev–Trinajstić information content (AvgIpc) is 3.62. The van der Waals surface area contributed by atoms with Gasteiger partial charge in [0.15, 0.2) is 5.76 Å². The van der Waals surface area contributed by atoms with E-state index in [0.29, 0.717) is 22.6 Å². The SMILES string of the molecule is CCOC(=O)c1ccc(N(C(=O)c2ccco2)[C@@H](C(=O)NC2CCCC2)c2cccc(OC)c2)cc1. The van der Waals surface area contributed by atoms with Crippen molar-refractivity contribution in [2.24, 2.45) is 0 Å². The first kappa shape index (κ1) is 25.0. The number of esters is 1. The number of carbonyl (C=O) groups excluding carboxylic acids is 3. The van der Waals surface area contributed by atoms with Gasteiger partial charge in [0.1, 0.15) is 11.8 Å². The lowest BCUT2D eigenvalue weighted by molar-refractivity contribution is -0.123. The number of nitrogens with one attached hydrogen (secondary N) is 1. The number of hydrogen-bond acceptors (Lipinski definition) is 6. The van der Waals surface area contributed by atoms with Crippen molar-refractivity contribution in [3.8, 4) is 5.75 Å². The number of hydrogen-bond donors (Lipinski definition) is 1. The molecule has 1 aromatic heterocycles. The van der Waals surface area contributed by atoms with E-state index >= 15 is 0 Å². The van der Waals surface area contributed by atoms with E-state index < -0.39 is 17.9 Å². The predicted molar refractivity (Wildman–Crippen MR) is 134 cm³/mol. The fourth-order valence-electron chi connectivity index (χ4n) is 4.45. The van der Waals surface area contributed by atoms with Crippen molar-refractivity contribution in [3.05, 3.63) is 83.8 Å². The number of carbonyl (C=O) groups is 3. The van der Waals surface area contributed by atoms with Crippen LogP contribution in [-0.2, 0) is 9.53 Å². The highest BCUT2D eigenvalue weighted by Crippen LogP contribution is 2.32. The zero-order chi connectivity index (χ0) is 25.5. The molecule has 0 unspecified atom stereocenters. The van der Waals surface area contributed by atoms with Crippen molar-refractivity contribution in [2.75, 3.05) is 18.6 Å². The first-order chi connectivity index (χ1) is 17.5. The van der Waals surface area contributed by atoms with Gasteiger partial charge < -0.3 is 19.2 Å². The molecule has 1 N–H and O–H groups in total. The summed E-state index contributed by atoms with van der Waals surface area (Å²) in [7, 11) is 1.55. The molecule has 0 radical (unpaired) electrons. The Morgan fingerprint density at radius 2 is 1.81 bits per heavy atom. The van der Waals surface area contributed by atoms with Crippen molar-refractivity contribution in [1.29, 1.82) is 0 Å². The normalized spacial score (nSPS) is 14.2. The van der Waals surface area contributed by atoms with Crippen LogP contribution in [0.25, 0.3) is 0 Å². The highest BCUT2D eigenvalue weighted by Gasteiger charge is 2.36. The number of anilines is 1. The number of ether oxygens (including phenoxy) is 2. The van der Waals surface area contributed by atoms with E-state index in [1.165, 1.54) is 11.2 Å². The maximum atomic E-state index is 13.8. The van der Waals surface area contributed by atoms with Crippen LogP contribution in [-0.4, -0.2) is 37.5 Å². The van der Waals surface area contributed by atoms with Crippen molar-refractivity contribution in [2.45, 2.75) is 44.7 Å². The highest BCUT2D eigenvalue weighted by atomic mass is 16.5.